The number of nitrogens with one attached hydrogen (secondary N) is 1. The molecule has 0 fully saturated rings. The van der Waals surface area contributed by atoms with Gasteiger partial charge in [-0.3, -0.25) is 9.59 Å². The number of hydrogen-bond donors (Lipinski definition) is 2. The maximum atomic E-state index is 11.9. The van der Waals surface area contributed by atoms with E-state index in [0.717, 1.165) is 0 Å². The summed E-state index contributed by atoms with van der Waals surface area (Å²) in [6.07, 6.45) is 0. The average molecular weight is 243 g/mol. The second kappa shape index (κ2) is 7.27. The molecular weight excluding hydrogens is 218 g/mol. The second-order valence-corrected chi connectivity index (χ2v) is 4.51. The minimum absolute atomic E-state index is 0.0609. The molecule has 2 amide bonds. The lowest BCUT2D eigenvalue weighted by Crippen LogP contribution is -2.52. The Kier molecular flexibility index (Phi) is 6.80. The van der Waals surface area contributed by atoms with E-state index in [-0.39, 0.29) is 17.7 Å². The summed E-state index contributed by atoms with van der Waals surface area (Å²) in [4.78, 5) is 25.3. The van der Waals surface area contributed by atoms with Gasteiger partial charge in [0.05, 0.1) is 6.04 Å². The number of nitrogens with two attached hydrogens (primary N) is 1. The first-order valence-corrected chi connectivity index (χ1v) is 6.19. The second-order valence-electron chi connectivity index (χ2n) is 4.51. The fraction of sp³-hybridized carbons (Fsp3) is 0.833. The Morgan fingerprint density at radius 3 is 2.00 bits per heavy atom. The van der Waals surface area contributed by atoms with Crippen molar-refractivity contribution in [1.82, 2.24) is 10.2 Å². The molecule has 0 bridgehead atoms. The summed E-state index contributed by atoms with van der Waals surface area (Å²) in [5.41, 5.74) is 5.71. The van der Waals surface area contributed by atoms with E-state index in [2.05, 4.69) is 5.32 Å². The van der Waals surface area contributed by atoms with E-state index in [0.29, 0.717) is 13.1 Å². The highest BCUT2D eigenvalue weighted by Gasteiger charge is 2.23. The van der Waals surface area contributed by atoms with Gasteiger partial charge in [-0.25, -0.2) is 0 Å². The Morgan fingerprint density at radius 1 is 1.18 bits per heavy atom. The Bertz CT molecular complexity index is 262. The largest absolute Gasteiger partial charge is 0.343 e. The lowest BCUT2D eigenvalue weighted by atomic mass is 10.0. The van der Waals surface area contributed by atoms with Gasteiger partial charge in [0, 0.05) is 13.1 Å². The highest BCUT2D eigenvalue weighted by atomic mass is 16.2. The van der Waals surface area contributed by atoms with Crippen LogP contribution in [-0.4, -0.2) is 41.9 Å². The number of rotatable bonds is 6. The van der Waals surface area contributed by atoms with Crippen LogP contribution < -0.4 is 11.1 Å². The molecule has 0 aromatic heterocycles. The molecule has 0 rings (SSSR count). The van der Waals surface area contributed by atoms with Crippen LogP contribution in [0, 0.1) is 5.92 Å². The Morgan fingerprint density at radius 2 is 1.65 bits per heavy atom. The molecule has 2 atom stereocenters. The van der Waals surface area contributed by atoms with Crippen LogP contribution in [0.15, 0.2) is 0 Å². The summed E-state index contributed by atoms with van der Waals surface area (Å²) in [5, 5.41) is 2.65. The van der Waals surface area contributed by atoms with Crippen LogP contribution in [0.2, 0.25) is 0 Å². The number of carbonyl (C=O) groups excluding carboxylic acids is 2. The van der Waals surface area contributed by atoms with Crippen molar-refractivity contribution in [1.29, 1.82) is 0 Å². The van der Waals surface area contributed by atoms with E-state index < -0.39 is 12.1 Å². The lowest BCUT2D eigenvalue weighted by molar-refractivity contribution is -0.136. The van der Waals surface area contributed by atoms with E-state index in [9.17, 15) is 9.59 Å². The van der Waals surface area contributed by atoms with Crippen LogP contribution >= 0.6 is 0 Å². The lowest BCUT2D eigenvalue weighted by Gasteiger charge is -2.25. The molecule has 0 aliphatic carbocycles. The van der Waals surface area contributed by atoms with Crippen LogP contribution in [0.4, 0.5) is 0 Å². The first-order chi connectivity index (χ1) is 7.84. The Hall–Kier alpha value is -1.10. The normalized spacial score (nSPS) is 14.3. The summed E-state index contributed by atoms with van der Waals surface area (Å²) in [5.74, 6) is -0.280. The predicted molar refractivity (Wildman–Crippen MR) is 68.3 cm³/mol. The van der Waals surface area contributed by atoms with Crippen molar-refractivity contribution in [3.05, 3.63) is 0 Å². The van der Waals surface area contributed by atoms with Gasteiger partial charge in [-0.1, -0.05) is 13.8 Å². The van der Waals surface area contributed by atoms with Gasteiger partial charge in [0.15, 0.2) is 0 Å². The number of carbonyl (C=O) groups is 2. The van der Waals surface area contributed by atoms with Gasteiger partial charge in [0.2, 0.25) is 11.8 Å². The van der Waals surface area contributed by atoms with Crippen molar-refractivity contribution in [2.24, 2.45) is 11.7 Å². The van der Waals surface area contributed by atoms with Crippen LogP contribution in [0.5, 0.6) is 0 Å². The quantitative estimate of drug-likeness (QED) is 0.706. The SMILES string of the molecule is CCN(CC)C(=O)C(C)NC(=O)C(N)C(C)C. The first-order valence-electron chi connectivity index (χ1n) is 6.19. The molecule has 5 heteroatoms. The van der Waals surface area contributed by atoms with Crippen molar-refractivity contribution in [3.63, 3.8) is 0 Å². The van der Waals surface area contributed by atoms with Crippen LogP contribution in [0.25, 0.3) is 0 Å². The smallest absolute Gasteiger partial charge is 0.244 e. The standard InChI is InChI=1S/C12H25N3O2/c1-6-15(7-2)12(17)9(5)14-11(16)10(13)8(3)4/h8-10H,6-7,13H2,1-5H3,(H,14,16). The summed E-state index contributed by atoms with van der Waals surface area (Å²) < 4.78 is 0. The van der Waals surface area contributed by atoms with Crippen molar-refractivity contribution in [3.8, 4) is 0 Å². The third-order valence-corrected chi connectivity index (χ3v) is 2.83. The molecule has 0 aromatic carbocycles. The van der Waals surface area contributed by atoms with E-state index in [4.69, 9.17) is 5.73 Å². The molecule has 100 valence electrons. The van der Waals surface area contributed by atoms with Gasteiger partial charge < -0.3 is 16.0 Å². The van der Waals surface area contributed by atoms with Gasteiger partial charge in [-0.15, -0.1) is 0 Å². The van der Waals surface area contributed by atoms with E-state index in [1.54, 1.807) is 11.8 Å². The van der Waals surface area contributed by atoms with Crippen molar-refractivity contribution >= 4 is 11.8 Å². The van der Waals surface area contributed by atoms with Gasteiger partial charge in [0.1, 0.15) is 6.04 Å². The number of amides is 2. The summed E-state index contributed by atoms with van der Waals surface area (Å²) >= 11 is 0. The number of nitrogens with zero attached hydrogens (tertiary/aromatic N) is 1. The van der Waals surface area contributed by atoms with E-state index >= 15 is 0 Å². The molecule has 0 saturated heterocycles. The summed E-state index contributed by atoms with van der Waals surface area (Å²) in [7, 11) is 0. The highest BCUT2D eigenvalue weighted by molar-refractivity contribution is 5.89. The van der Waals surface area contributed by atoms with Gasteiger partial charge in [-0.05, 0) is 26.7 Å². The molecule has 0 aromatic rings. The van der Waals surface area contributed by atoms with Gasteiger partial charge in [-0.2, -0.15) is 0 Å². The van der Waals surface area contributed by atoms with Crippen molar-refractivity contribution in [2.75, 3.05) is 13.1 Å². The van der Waals surface area contributed by atoms with Crippen molar-refractivity contribution < 1.29 is 9.59 Å². The third kappa shape index (κ3) is 4.73. The Labute approximate surface area is 104 Å². The van der Waals surface area contributed by atoms with Crippen LogP contribution in [0.1, 0.15) is 34.6 Å². The van der Waals surface area contributed by atoms with E-state index in [1.165, 1.54) is 0 Å². The molecule has 5 nitrogen and oxygen atoms in total. The zero-order valence-electron chi connectivity index (χ0n) is 11.5. The maximum Gasteiger partial charge on any atom is 0.244 e. The zero-order chi connectivity index (χ0) is 13.6. The third-order valence-electron chi connectivity index (χ3n) is 2.83. The molecule has 0 aliphatic heterocycles. The molecular formula is C12H25N3O2. The van der Waals surface area contributed by atoms with Gasteiger partial charge >= 0.3 is 0 Å². The maximum absolute atomic E-state index is 11.9. The average Bonchev–Trinajstić information content (AvgIpc) is 2.28. The van der Waals surface area contributed by atoms with Crippen molar-refractivity contribution in [2.45, 2.75) is 46.7 Å². The minimum atomic E-state index is -0.568. The molecule has 0 saturated carbocycles. The van der Waals surface area contributed by atoms with Crippen LogP contribution in [0.3, 0.4) is 0 Å². The topological polar surface area (TPSA) is 75.4 Å². The molecule has 0 heterocycles. The Balaban J connectivity index is 4.39. The molecule has 17 heavy (non-hydrogen) atoms. The number of likely N-dealkylation sites (N-methyl/N-ethyl adjacent to an activating group) is 1. The molecule has 0 radical (unpaired) electrons. The number of hydrogen-bond acceptors (Lipinski definition) is 3. The molecule has 0 spiro atoms. The monoisotopic (exact) mass is 243 g/mol. The van der Waals surface area contributed by atoms with Crippen LogP contribution in [-0.2, 0) is 9.59 Å². The molecule has 3 N–H and O–H groups in total. The molecule has 2 unspecified atom stereocenters. The summed E-state index contributed by atoms with van der Waals surface area (Å²) in [6, 6.07) is -1.09. The minimum Gasteiger partial charge on any atom is -0.343 e. The molecule has 0 aliphatic rings. The predicted octanol–water partition coefficient (Wildman–Crippen LogP) is 0.343. The van der Waals surface area contributed by atoms with Gasteiger partial charge in [0.25, 0.3) is 0 Å². The zero-order valence-corrected chi connectivity index (χ0v) is 11.5. The fourth-order valence-corrected chi connectivity index (χ4v) is 1.48. The van der Waals surface area contributed by atoms with E-state index in [1.807, 2.05) is 27.7 Å². The highest BCUT2D eigenvalue weighted by Crippen LogP contribution is 2.00. The summed E-state index contributed by atoms with van der Waals surface area (Å²) in [6.45, 7) is 10.6. The fourth-order valence-electron chi connectivity index (χ4n) is 1.48. The first kappa shape index (κ1) is 15.9.